The van der Waals surface area contributed by atoms with E-state index in [0.29, 0.717) is 31.0 Å². The molecule has 2 aromatic carbocycles. The topological polar surface area (TPSA) is 66.5 Å². The maximum Gasteiger partial charge on any atom is 0.243 e. The molecule has 0 aromatic heterocycles. The molecule has 5 nitrogen and oxygen atoms in total. The molecule has 1 aliphatic heterocycles. The van der Waals surface area contributed by atoms with E-state index in [0.717, 1.165) is 24.2 Å². The zero-order chi connectivity index (χ0) is 20.0. The van der Waals surface area contributed by atoms with E-state index in [9.17, 15) is 13.2 Å². The molecule has 1 N–H and O–H groups in total. The van der Waals surface area contributed by atoms with Crippen molar-refractivity contribution in [1.82, 2.24) is 4.31 Å². The number of rotatable bonds is 7. The molecule has 0 radical (unpaired) electrons. The standard InChI is InChI=1S/C21H26N2O3S2/c1-17-5-9-19(10-6-17)27-16-13-21(24)22-18-7-11-20(12-8-18)28(25,26)23-14-3-2-4-15-23/h5-12H,2-4,13-16H2,1H3,(H,22,24). The summed E-state index contributed by atoms with van der Waals surface area (Å²) in [6.45, 7) is 3.21. The lowest BCUT2D eigenvalue weighted by Gasteiger charge is -2.25. The van der Waals surface area contributed by atoms with Gasteiger partial charge in [0.2, 0.25) is 15.9 Å². The first-order valence-corrected chi connectivity index (χ1v) is 12.0. The summed E-state index contributed by atoms with van der Waals surface area (Å²) in [6.07, 6.45) is 3.30. The van der Waals surface area contributed by atoms with Crippen molar-refractivity contribution in [2.24, 2.45) is 0 Å². The summed E-state index contributed by atoms with van der Waals surface area (Å²) in [5.41, 5.74) is 1.83. The second kappa shape index (κ2) is 9.58. The monoisotopic (exact) mass is 418 g/mol. The molecule has 0 saturated carbocycles. The van der Waals surface area contributed by atoms with Crippen molar-refractivity contribution in [3.05, 3.63) is 54.1 Å². The molecule has 0 atom stereocenters. The average molecular weight is 419 g/mol. The largest absolute Gasteiger partial charge is 0.326 e. The van der Waals surface area contributed by atoms with E-state index in [1.165, 1.54) is 5.56 Å². The summed E-state index contributed by atoms with van der Waals surface area (Å²) in [7, 11) is -3.44. The van der Waals surface area contributed by atoms with Crippen LogP contribution in [0.2, 0.25) is 0 Å². The van der Waals surface area contributed by atoms with E-state index in [2.05, 4.69) is 29.6 Å². The Labute approximate surface area is 171 Å². The molecule has 0 aliphatic carbocycles. The summed E-state index contributed by atoms with van der Waals surface area (Å²) >= 11 is 1.64. The van der Waals surface area contributed by atoms with Gasteiger partial charge < -0.3 is 5.32 Å². The summed E-state index contributed by atoms with van der Waals surface area (Å²) in [6, 6.07) is 14.7. The third-order valence-corrected chi connectivity index (χ3v) is 7.64. The number of benzene rings is 2. The number of thioether (sulfide) groups is 1. The molecule has 0 spiro atoms. The minimum Gasteiger partial charge on any atom is -0.326 e. The van der Waals surface area contributed by atoms with Gasteiger partial charge in [-0.2, -0.15) is 4.31 Å². The van der Waals surface area contributed by atoms with Gasteiger partial charge in [-0.05, 0) is 56.2 Å². The van der Waals surface area contributed by atoms with Crippen LogP contribution in [0.25, 0.3) is 0 Å². The number of carbonyl (C=O) groups excluding carboxylic acids is 1. The van der Waals surface area contributed by atoms with Crippen LogP contribution in [-0.2, 0) is 14.8 Å². The second-order valence-corrected chi connectivity index (χ2v) is 10.1. The fourth-order valence-electron chi connectivity index (χ4n) is 3.08. The number of hydrogen-bond acceptors (Lipinski definition) is 4. The van der Waals surface area contributed by atoms with Crippen LogP contribution < -0.4 is 5.32 Å². The number of piperidine rings is 1. The Morgan fingerprint density at radius 1 is 1.00 bits per heavy atom. The van der Waals surface area contributed by atoms with Gasteiger partial charge in [-0.15, -0.1) is 11.8 Å². The Morgan fingerprint density at radius 3 is 2.29 bits per heavy atom. The second-order valence-electron chi connectivity index (χ2n) is 6.95. The summed E-state index contributed by atoms with van der Waals surface area (Å²) in [5.74, 6) is 0.613. The van der Waals surface area contributed by atoms with Crippen molar-refractivity contribution in [3.63, 3.8) is 0 Å². The number of sulfonamides is 1. The molecule has 1 fully saturated rings. The van der Waals surface area contributed by atoms with Gasteiger partial charge in [0.25, 0.3) is 0 Å². The van der Waals surface area contributed by atoms with Crippen LogP contribution >= 0.6 is 11.8 Å². The van der Waals surface area contributed by atoms with Crippen molar-refractivity contribution in [3.8, 4) is 0 Å². The third kappa shape index (κ3) is 5.59. The van der Waals surface area contributed by atoms with Gasteiger partial charge >= 0.3 is 0 Å². The Bertz CT molecular complexity index is 888. The van der Waals surface area contributed by atoms with E-state index in [4.69, 9.17) is 0 Å². The molecule has 1 saturated heterocycles. The van der Waals surface area contributed by atoms with Gasteiger partial charge in [0.1, 0.15) is 0 Å². The number of amides is 1. The molecule has 7 heteroatoms. The molecule has 1 heterocycles. The first kappa shape index (κ1) is 20.9. The lowest BCUT2D eigenvalue weighted by Crippen LogP contribution is -2.35. The van der Waals surface area contributed by atoms with Crippen LogP contribution in [0.5, 0.6) is 0 Å². The van der Waals surface area contributed by atoms with Gasteiger partial charge in [-0.25, -0.2) is 8.42 Å². The molecule has 1 aliphatic rings. The van der Waals surface area contributed by atoms with E-state index in [1.807, 2.05) is 6.92 Å². The van der Waals surface area contributed by atoms with Gasteiger partial charge in [0, 0.05) is 35.8 Å². The third-order valence-electron chi connectivity index (χ3n) is 4.71. The van der Waals surface area contributed by atoms with Crippen molar-refractivity contribution in [2.75, 3.05) is 24.2 Å². The number of carbonyl (C=O) groups is 1. The molecule has 3 rings (SSSR count). The highest BCUT2D eigenvalue weighted by atomic mass is 32.2. The Hall–Kier alpha value is -1.83. The highest BCUT2D eigenvalue weighted by Crippen LogP contribution is 2.22. The lowest BCUT2D eigenvalue weighted by atomic mass is 10.2. The van der Waals surface area contributed by atoms with Crippen molar-refractivity contribution < 1.29 is 13.2 Å². The molecule has 1 amide bonds. The summed E-state index contributed by atoms with van der Waals surface area (Å²) in [5, 5.41) is 2.83. The first-order chi connectivity index (χ1) is 13.4. The molecular formula is C21H26N2O3S2. The molecule has 2 aromatic rings. The minimum atomic E-state index is -3.44. The smallest absolute Gasteiger partial charge is 0.243 e. The molecule has 0 unspecified atom stereocenters. The lowest BCUT2D eigenvalue weighted by molar-refractivity contribution is -0.115. The zero-order valence-electron chi connectivity index (χ0n) is 16.1. The SMILES string of the molecule is Cc1ccc(SCCC(=O)Nc2ccc(S(=O)(=O)N3CCCCC3)cc2)cc1. The molecule has 0 bridgehead atoms. The Kier molecular flexibility index (Phi) is 7.15. The Morgan fingerprint density at radius 2 is 1.64 bits per heavy atom. The number of nitrogens with one attached hydrogen (secondary N) is 1. The van der Waals surface area contributed by atoms with Gasteiger partial charge in [-0.3, -0.25) is 4.79 Å². The van der Waals surface area contributed by atoms with Crippen LogP contribution in [0.4, 0.5) is 5.69 Å². The van der Waals surface area contributed by atoms with Crippen LogP contribution in [0, 0.1) is 6.92 Å². The van der Waals surface area contributed by atoms with Gasteiger partial charge in [0.15, 0.2) is 0 Å². The minimum absolute atomic E-state index is 0.0775. The van der Waals surface area contributed by atoms with Crippen molar-refractivity contribution in [2.45, 2.75) is 42.4 Å². The van der Waals surface area contributed by atoms with E-state index >= 15 is 0 Å². The summed E-state index contributed by atoms with van der Waals surface area (Å²) in [4.78, 5) is 13.6. The predicted octanol–water partition coefficient (Wildman–Crippen LogP) is 4.29. The predicted molar refractivity (Wildman–Crippen MR) is 114 cm³/mol. The van der Waals surface area contributed by atoms with E-state index in [-0.39, 0.29) is 10.8 Å². The van der Waals surface area contributed by atoms with Crippen molar-refractivity contribution in [1.29, 1.82) is 0 Å². The zero-order valence-corrected chi connectivity index (χ0v) is 17.7. The van der Waals surface area contributed by atoms with Gasteiger partial charge in [0.05, 0.1) is 4.90 Å². The maximum absolute atomic E-state index is 12.7. The number of anilines is 1. The average Bonchev–Trinajstić information content (AvgIpc) is 2.70. The quantitative estimate of drug-likeness (QED) is 0.681. The normalized spacial score (nSPS) is 15.3. The van der Waals surface area contributed by atoms with Crippen LogP contribution in [0.1, 0.15) is 31.2 Å². The van der Waals surface area contributed by atoms with E-state index in [1.54, 1.807) is 40.3 Å². The van der Waals surface area contributed by atoms with E-state index < -0.39 is 10.0 Å². The van der Waals surface area contributed by atoms with Crippen LogP contribution in [0.3, 0.4) is 0 Å². The van der Waals surface area contributed by atoms with Crippen LogP contribution in [-0.4, -0.2) is 37.5 Å². The highest BCUT2D eigenvalue weighted by Gasteiger charge is 2.25. The Balaban J connectivity index is 1.50. The molecule has 150 valence electrons. The van der Waals surface area contributed by atoms with Crippen molar-refractivity contribution >= 4 is 33.4 Å². The van der Waals surface area contributed by atoms with Crippen LogP contribution in [0.15, 0.2) is 58.3 Å². The number of nitrogens with zero attached hydrogens (tertiary/aromatic N) is 1. The molecular weight excluding hydrogens is 392 g/mol. The fraction of sp³-hybridized carbons (Fsp3) is 0.381. The summed E-state index contributed by atoms with van der Waals surface area (Å²) < 4.78 is 26.9. The number of hydrogen-bond donors (Lipinski definition) is 1. The molecule has 28 heavy (non-hydrogen) atoms. The highest BCUT2D eigenvalue weighted by molar-refractivity contribution is 7.99. The fourth-order valence-corrected chi connectivity index (χ4v) is 5.45. The first-order valence-electron chi connectivity index (χ1n) is 9.55. The van der Waals surface area contributed by atoms with Gasteiger partial charge in [-0.1, -0.05) is 24.1 Å². The number of aryl methyl sites for hydroxylation is 1. The maximum atomic E-state index is 12.7.